The Morgan fingerprint density at radius 2 is 1.92 bits per heavy atom. The highest BCUT2D eigenvalue weighted by atomic mass is 32.1. The Labute approximate surface area is 154 Å². The molecule has 1 unspecified atom stereocenters. The van der Waals surface area contributed by atoms with Crippen LogP contribution >= 0.6 is 11.3 Å². The molecule has 1 aliphatic heterocycles. The number of amides is 2. The Bertz CT molecular complexity index is 624. The molecule has 2 N–H and O–H groups in total. The third-order valence-electron chi connectivity index (χ3n) is 4.74. The fourth-order valence-electron chi connectivity index (χ4n) is 3.37. The maximum absolute atomic E-state index is 12.1. The van der Waals surface area contributed by atoms with Crippen molar-refractivity contribution in [3.63, 3.8) is 0 Å². The Morgan fingerprint density at radius 3 is 2.64 bits per heavy atom. The molecule has 0 aliphatic carbocycles. The number of benzene rings is 1. The van der Waals surface area contributed by atoms with Crippen LogP contribution in [0.4, 0.5) is 4.79 Å². The number of carbonyl (C=O) groups excluding carboxylic acids is 1. The van der Waals surface area contributed by atoms with Gasteiger partial charge in [0, 0.05) is 13.1 Å². The van der Waals surface area contributed by atoms with Crippen molar-refractivity contribution < 1.29 is 4.79 Å². The van der Waals surface area contributed by atoms with E-state index in [1.54, 1.807) is 11.3 Å². The van der Waals surface area contributed by atoms with Gasteiger partial charge in [-0.15, -0.1) is 0 Å². The van der Waals surface area contributed by atoms with Crippen molar-refractivity contribution in [2.75, 3.05) is 26.2 Å². The Hall–Kier alpha value is -1.85. The maximum atomic E-state index is 12.1. The van der Waals surface area contributed by atoms with Crippen LogP contribution < -0.4 is 10.6 Å². The standard InChI is InChI=1S/C20H27N3OS/c24-20(21-11-6-9-17-7-2-1-3-8-17)22-15-19(18-10-14-25-16-18)23-12-4-5-13-23/h1-3,7-8,10,14,16,19H,4-6,9,11-13,15H2,(H2,21,22,24). The lowest BCUT2D eigenvalue weighted by molar-refractivity contribution is 0.221. The Balaban J connectivity index is 1.39. The average Bonchev–Trinajstić information content (AvgIpc) is 3.34. The molecule has 1 atom stereocenters. The van der Waals surface area contributed by atoms with Gasteiger partial charge in [0.1, 0.15) is 0 Å². The fraction of sp³-hybridized carbons (Fsp3) is 0.450. The second-order valence-electron chi connectivity index (χ2n) is 6.54. The number of likely N-dealkylation sites (tertiary alicyclic amines) is 1. The summed E-state index contributed by atoms with van der Waals surface area (Å²) in [5, 5.41) is 10.3. The van der Waals surface area contributed by atoms with Gasteiger partial charge in [-0.2, -0.15) is 11.3 Å². The molecule has 1 fully saturated rings. The van der Waals surface area contributed by atoms with E-state index in [1.165, 1.54) is 24.0 Å². The van der Waals surface area contributed by atoms with Gasteiger partial charge in [0.05, 0.1) is 6.04 Å². The van der Waals surface area contributed by atoms with Crippen molar-refractivity contribution in [2.45, 2.75) is 31.7 Å². The number of nitrogens with zero attached hydrogens (tertiary/aromatic N) is 1. The highest BCUT2D eigenvalue weighted by Crippen LogP contribution is 2.26. The molecule has 4 nitrogen and oxygen atoms in total. The van der Waals surface area contributed by atoms with Crippen molar-refractivity contribution >= 4 is 17.4 Å². The molecule has 2 heterocycles. The van der Waals surface area contributed by atoms with Crippen molar-refractivity contribution in [1.29, 1.82) is 0 Å². The number of carbonyl (C=O) groups is 1. The summed E-state index contributed by atoms with van der Waals surface area (Å²) in [6.45, 7) is 3.62. The van der Waals surface area contributed by atoms with Crippen molar-refractivity contribution in [1.82, 2.24) is 15.5 Å². The summed E-state index contributed by atoms with van der Waals surface area (Å²) in [7, 11) is 0. The molecule has 2 amide bonds. The van der Waals surface area contributed by atoms with E-state index in [0.29, 0.717) is 19.1 Å². The van der Waals surface area contributed by atoms with E-state index in [9.17, 15) is 4.79 Å². The van der Waals surface area contributed by atoms with Crippen LogP contribution in [0.25, 0.3) is 0 Å². The number of thiophene rings is 1. The van der Waals surface area contributed by atoms with Gasteiger partial charge in [-0.3, -0.25) is 4.90 Å². The summed E-state index contributed by atoms with van der Waals surface area (Å²) in [4.78, 5) is 14.6. The van der Waals surface area contributed by atoms with Crippen LogP contribution in [0.5, 0.6) is 0 Å². The minimum absolute atomic E-state index is 0.0625. The number of hydrogen-bond acceptors (Lipinski definition) is 3. The van der Waals surface area contributed by atoms with Crippen molar-refractivity contribution in [3.8, 4) is 0 Å². The number of urea groups is 1. The van der Waals surface area contributed by atoms with E-state index in [2.05, 4.69) is 56.6 Å². The van der Waals surface area contributed by atoms with Gasteiger partial charge in [0.15, 0.2) is 0 Å². The molecule has 25 heavy (non-hydrogen) atoms. The second-order valence-corrected chi connectivity index (χ2v) is 7.32. The molecule has 134 valence electrons. The fourth-order valence-corrected chi connectivity index (χ4v) is 4.07. The van der Waals surface area contributed by atoms with Gasteiger partial charge in [0.25, 0.3) is 0 Å². The van der Waals surface area contributed by atoms with Gasteiger partial charge in [-0.05, 0) is 66.7 Å². The SMILES string of the molecule is O=C(NCCCc1ccccc1)NCC(c1ccsc1)N1CCCC1. The number of nitrogens with one attached hydrogen (secondary N) is 2. The number of rotatable bonds is 8. The van der Waals surface area contributed by atoms with Crippen LogP contribution in [0.15, 0.2) is 47.2 Å². The zero-order valence-electron chi connectivity index (χ0n) is 14.6. The average molecular weight is 358 g/mol. The molecular formula is C20H27N3OS. The molecule has 0 radical (unpaired) electrons. The largest absolute Gasteiger partial charge is 0.338 e. The van der Waals surface area contributed by atoms with E-state index in [0.717, 1.165) is 25.9 Å². The summed E-state index contributed by atoms with van der Waals surface area (Å²) in [5.41, 5.74) is 2.63. The first kappa shape index (κ1) is 18.0. The summed E-state index contributed by atoms with van der Waals surface area (Å²) in [5.74, 6) is 0. The van der Waals surface area contributed by atoms with Gasteiger partial charge in [-0.25, -0.2) is 4.79 Å². The Kier molecular flexibility index (Phi) is 6.89. The van der Waals surface area contributed by atoms with Gasteiger partial charge in [0.2, 0.25) is 0 Å². The van der Waals surface area contributed by atoms with Crippen molar-refractivity contribution in [3.05, 3.63) is 58.3 Å². The first-order valence-electron chi connectivity index (χ1n) is 9.15. The third-order valence-corrected chi connectivity index (χ3v) is 5.44. The van der Waals surface area contributed by atoms with E-state index in [4.69, 9.17) is 0 Å². The zero-order chi connectivity index (χ0) is 17.3. The molecule has 0 bridgehead atoms. The minimum atomic E-state index is -0.0625. The van der Waals surface area contributed by atoms with Crippen LogP contribution in [-0.4, -0.2) is 37.1 Å². The predicted molar refractivity (Wildman–Crippen MR) is 104 cm³/mol. The van der Waals surface area contributed by atoms with Gasteiger partial charge < -0.3 is 10.6 Å². The molecule has 3 rings (SSSR count). The molecule has 2 aromatic rings. The Morgan fingerprint density at radius 1 is 1.12 bits per heavy atom. The summed E-state index contributed by atoms with van der Waals surface area (Å²) in [6, 6.07) is 12.8. The van der Waals surface area contributed by atoms with Crippen LogP contribution in [0.1, 0.15) is 36.4 Å². The quantitative estimate of drug-likeness (QED) is 0.706. The lowest BCUT2D eigenvalue weighted by atomic mass is 10.1. The maximum Gasteiger partial charge on any atom is 0.314 e. The highest BCUT2D eigenvalue weighted by Gasteiger charge is 2.24. The lowest BCUT2D eigenvalue weighted by Crippen LogP contribution is -2.41. The molecule has 0 saturated carbocycles. The molecule has 1 aromatic carbocycles. The summed E-state index contributed by atoms with van der Waals surface area (Å²) >= 11 is 1.72. The summed E-state index contributed by atoms with van der Waals surface area (Å²) in [6.07, 6.45) is 4.46. The van der Waals surface area contributed by atoms with Crippen molar-refractivity contribution in [2.24, 2.45) is 0 Å². The second kappa shape index (κ2) is 9.59. The first-order valence-corrected chi connectivity index (χ1v) is 10.1. The van der Waals surface area contributed by atoms with Crippen LogP contribution in [0, 0.1) is 0 Å². The molecule has 1 saturated heterocycles. The molecule has 1 aliphatic rings. The molecule has 0 spiro atoms. The van der Waals surface area contributed by atoms with E-state index in [1.807, 2.05) is 6.07 Å². The smallest absolute Gasteiger partial charge is 0.314 e. The van der Waals surface area contributed by atoms with Crippen LogP contribution in [0.3, 0.4) is 0 Å². The minimum Gasteiger partial charge on any atom is -0.338 e. The monoisotopic (exact) mass is 357 g/mol. The van der Waals surface area contributed by atoms with Gasteiger partial charge in [-0.1, -0.05) is 30.3 Å². The van der Waals surface area contributed by atoms with Crippen LogP contribution in [-0.2, 0) is 6.42 Å². The van der Waals surface area contributed by atoms with Gasteiger partial charge >= 0.3 is 6.03 Å². The topological polar surface area (TPSA) is 44.4 Å². The molecule has 1 aromatic heterocycles. The first-order chi connectivity index (χ1) is 12.3. The van der Waals surface area contributed by atoms with E-state index < -0.39 is 0 Å². The molecule has 5 heteroatoms. The van der Waals surface area contributed by atoms with Crippen LogP contribution in [0.2, 0.25) is 0 Å². The zero-order valence-corrected chi connectivity index (χ0v) is 15.4. The predicted octanol–water partition coefficient (Wildman–Crippen LogP) is 3.82. The van der Waals surface area contributed by atoms with E-state index in [-0.39, 0.29) is 6.03 Å². The highest BCUT2D eigenvalue weighted by molar-refractivity contribution is 7.07. The normalized spacial score (nSPS) is 15.8. The number of hydrogen-bond donors (Lipinski definition) is 2. The summed E-state index contributed by atoms with van der Waals surface area (Å²) < 4.78 is 0. The van der Waals surface area contributed by atoms with E-state index >= 15 is 0 Å². The number of aryl methyl sites for hydroxylation is 1. The third kappa shape index (κ3) is 5.58. The molecular weight excluding hydrogens is 330 g/mol. The lowest BCUT2D eigenvalue weighted by Gasteiger charge is -2.27.